The number of amides is 3. The zero-order valence-electron chi connectivity index (χ0n) is 46.6. The second kappa shape index (κ2) is 31.1. The molecule has 0 aliphatic carbocycles. The van der Waals surface area contributed by atoms with Crippen molar-refractivity contribution in [3.8, 4) is 0 Å². The molecule has 7 heterocycles. The highest BCUT2D eigenvalue weighted by molar-refractivity contribution is 5.74. The first-order chi connectivity index (χ1) is 41.1. The lowest BCUT2D eigenvalue weighted by molar-refractivity contribution is -0.401. The molecule has 0 aromatic rings. The molecule has 0 aromatic heterocycles. The number of carbonyl (C=O) groups is 3. The van der Waals surface area contributed by atoms with Gasteiger partial charge in [0.2, 0.25) is 17.7 Å². The number of hydrogen-bond donors (Lipinski definition) is 23. The van der Waals surface area contributed by atoms with Crippen LogP contribution in [0.2, 0.25) is 0 Å². The van der Waals surface area contributed by atoms with Gasteiger partial charge in [0.15, 0.2) is 44.0 Å². The molecule has 39 nitrogen and oxygen atoms in total. The highest BCUT2D eigenvalue weighted by Crippen LogP contribution is 2.39. The Labute approximate surface area is 492 Å². The van der Waals surface area contributed by atoms with E-state index in [9.17, 15) is 117 Å². The van der Waals surface area contributed by atoms with Crippen molar-refractivity contribution in [3.63, 3.8) is 0 Å². The molecule has 504 valence electrons. The fourth-order valence-corrected chi connectivity index (χ4v) is 11.1. The second-order valence-corrected chi connectivity index (χ2v) is 21.8. The van der Waals surface area contributed by atoms with Crippen LogP contribution in [0.25, 0.3) is 0 Å². The van der Waals surface area contributed by atoms with Gasteiger partial charge in [-0.05, 0) is 0 Å². The normalized spacial score (nSPS) is 48.9. The molecule has 0 bridgehead atoms. The number of rotatable bonds is 22. The van der Waals surface area contributed by atoms with Crippen molar-refractivity contribution in [2.45, 2.75) is 236 Å². The number of aliphatic hydroxyl groups is 20. The van der Waals surface area contributed by atoms with Crippen molar-refractivity contribution in [2.75, 3.05) is 46.2 Å². The van der Waals surface area contributed by atoms with Gasteiger partial charge in [-0.3, -0.25) is 14.4 Å². The molecule has 23 N–H and O–H groups in total. The van der Waals surface area contributed by atoms with Gasteiger partial charge >= 0.3 is 0 Å². The molecular weight excluding hydrogens is 1190 g/mol. The Balaban J connectivity index is 1.28. The van der Waals surface area contributed by atoms with Crippen LogP contribution in [0, 0.1) is 0 Å². The fourth-order valence-electron chi connectivity index (χ4n) is 11.1. The highest BCUT2D eigenvalue weighted by atomic mass is 16.8. The minimum atomic E-state index is -2.48. The van der Waals surface area contributed by atoms with E-state index in [0.717, 1.165) is 20.8 Å². The van der Waals surface area contributed by atoms with Crippen molar-refractivity contribution in [2.24, 2.45) is 0 Å². The number of carbonyl (C=O) groups excluding carboxylic acids is 3. The van der Waals surface area contributed by atoms with Gasteiger partial charge in [0.25, 0.3) is 0 Å². The summed E-state index contributed by atoms with van der Waals surface area (Å²) in [7, 11) is 0. The summed E-state index contributed by atoms with van der Waals surface area (Å²) in [6, 6.07) is -5.37. The average Bonchev–Trinajstić information content (AvgIpc) is 0.919. The summed E-state index contributed by atoms with van der Waals surface area (Å²) in [4.78, 5) is 37.8. The topological polar surface area (TPSA) is 612 Å². The molecule has 7 saturated heterocycles. The van der Waals surface area contributed by atoms with Crippen molar-refractivity contribution in [1.82, 2.24) is 16.0 Å². The van der Waals surface area contributed by atoms with Gasteiger partial charge in [-0.25, -0.2) is 0 Å². The first kappa shape index (κ1) is 71.5. The lowest BCUT2D eigenvalue weighted by Gasteiger charge is -2.52. The van der Waals surface area contributed by atoms with Crippen molar-refractivity contribution < 1.29 is 178 Å². The SMILES string of the molecule is CC(=O)N[C@@H]1[C@@H](O)[C@H](O[C@@H]2O[C@H](CO)[C@@H](O[C@@H]3O[C@H](CO[C@H]4O[C@H](CO)[C@@H](O)[C@H](O)[C@@H]4O)[C@@H](O[C@@H]4O[C@H](CO)[C@@H](O[C@@H]5O[C@H](CO)[C@H](O)[C@H](O)[C@H]5O)[C@H](O)[C@H]4NC(C)=O)[C@H](O[C@H]4O[C@H](CO)[C@@H](O)[C@H](O)[C@@H]4O)[C@@H]3O)[C@H](O)[C@H]2NC(C)=O)[C@@H](CO)O[C@H]1O. The van der Waals surface area contributed by atoms with Gasteiger partial charge in [0.05, 0.1) is 46.2 Å². The Morgan fingerprint density at radius 3 is 0.977 bits per heavy atom. The maximum absolute atomic E-state index is 12.9. The molecule has 0 unspecified atom stereocenters. The minimum Gasteiger partial charge on any atom is -0.394 e. The van der Waals surface area contributed by atoms with Gasteiger partial charge in [0.1, 0.15) is 171 Å². The standard InChI is InChI=1S/C48H81N3O36/c1-11(58)49-21-27(64)37(17(7-55)76-42(21)74)83-43-22(50-12(2)59)28(65)39(19(9-57)80-43)85-48-36(73)41(87-47-35(72)32(69)26(63)16(6-54)79-47)40(20(82-48)10-75-45-33(70)30(67)24(61)14(4-52)77-45)86-44-23(51-13(3)60)29(66)38(18(8-56)81-44)84-46-34(71)31(68)25(62)15(5-53)78-46/h14-48,52-57,61-74H,4-10H2,1-3H3,(H,49,58)(H,50,59)(H,51,60)/t14-,15-,16-,17-,18-,19-,20-,21-,22-,23-,24-,25+,26-,27-,28-,29-,30+,31+,32+,33+,34-,35+,36+,37-,38-,39-,40-,41-,42-,43+,44+,45+,46+,47-,48+/m1/s1. The lowest BCUT2D eigenvalue weighted by atomic mass is 9.93. The molecular formula is C48H81N3O36. The Morgan fingerprint density at radius 1 is 0.299 bits per heavy atom. The van der Waals surface area contributed by atoms with E-state index in [2.05, 4.69) is 16.0 Å². The Bertz CT molecular complexity index is 2180. The van der Waals surface area contributed by atoms with Crippen LogP contribution in [0.4, 0.5) is 0 Å². The molecule has 0 aromatic carbocycles. The highest BCUT2D eigenvalue weighted by Gasteiger charge is 2.60. The summed E-state index contributed by atoms with van der Waals surface area (Å²) in [5.74, 6) is -2.57. The third kappa shape index (κ3) is 15.8. The molecule has 7 aliphatic heterocycles. The fraction of sp³-hybridized carbons (Fsp3) is 0.938. The quantitative estimate of drug-likeness (QED) is 0.0479. The maximum Gasteiger partial charge on any atom is 0.217 e. The summed E-state index contributed by atoms with van der Waals surface area (Å²) < 4.78 is 76.7. The van der Waals surface area contributed by atoms with E-state index in [4.69, 9.17) is 61.6 Å². The third-order valence-electron chi connectivity index (χ3n) is 15.7. The molecule has 39 heteroatoms. The number of aliphatic hydroxyl groups excluding tert-OH is 20. The van der Waals surface area contributed by atoms with Gasteiger partial charge in [0, 0.05) is 20.8 Å². The molecule has 0 spiro atoms. The van der Waals surface area contributed by atoms with E-state index in [1.54, 1.807) is 0 Å². The molecule has 7 rings (SSSR count). The number of ether oxygens (including phenoxy) is 13. The molecule has 7 aliphatic rings. The first-order valence-electron chi connectivity index (χ1n) is 27.6. The van der Waals surface area contributed by atoms with E-state index in [0.29, 0.717) is 0 Å². The van der Waals surface area contributed by atoms with Crippen molar-refractivity contribution in [1.29, 1.82) is 0 Å². The van der Waals surface area contributed by atoms with E-state index in [-0.39, 0.29) is 0 Å². The van der Waals surface area contributed by atoms with Crippen LogP contribution in [-0.2, 0) is 76.0 Å². The zero-order valence-corrected chi connectivity index (χ0v) is 46.6. The summed E-state index contributed by atoms with van der Waals surface area (Å²) in [6.45, 7) is -4.24. The van der Waals surface area contributed by atoms with Crippen LogP contribution >= 0.6 is 0 Å². The molecule has 3 amide bonds. The van der Waals surface area contributed by atoms with Gasteiger partial charge < -0.3 is 180 Å². The van der Waals surface area contributed by atoms with E-state index >= 15 is 0 Å². The van der Waals surface area contributed by atoms with E-state index < -0.39 is 279 Å². The minimum absolute atomic E-state index is 0.751. The third-order valence-corrected chi connectivity index (χ3v) is 15.7. The molecule has 87 heavy (non-hydrogen) atoms. The van der Waals surface area contributed by atoms with Gasteiger partial charge in [-0.15, -0.1) is 0 Å². The summed E-state index contributed by atoms with van der Waals surface area (Å²) in [6.07, 6.45) is -64.3. The average molecular weight is 1280 g/mol. The van der Waals surface area contributed by atoms with Gasteiger partial charge in [-0.2, -0.15) is 0 Å². The van der Waals surface area contributed by atoms with E-state index in [1.807, 2.05) is 0 Å². The van der Waals surface area contributed by atoms with Crippen LogP contribution in [0.5, 0.6) is 0 Å². The Kier molecular flexibility index (Phi) is 25.6. The largest absolute Gasteiger partial charge is 0.394 e. The van der Waals surface area contributed by atoms with Crippen LogP contribution < -0.4 is 16.0 Å². The molecule has 0 saturated carbocycles. The summed E-state index contributed by atoms with van der Waals surface area (Å²) in [5, 5.41) is 224. The molecule has 7 fully saturated rings. The summed E-state index contributed by atoms with van der Waals surface area (Å²) in [5.41, 5.74) is 0. The predicted molar refractivity (Wildman–Crippen MR) is 267 cm³/mol. The predicted octanol–water partition coefficient (Wildman–Crippen LogP) is -15.8. The zero-order chi connectivity index (χ0) is 64.2. The maximum atomic E-state index is 12.9. The van der Waals surface area contributed by atoms with E-state index in [1.165, 1.54) is 0 Å². The second-order valence-electron chi connectivity index (χ2n) is 21.8. The smallest absolute Gasteiger partial charge is 0.217 e. The van der Waals surface area contributed by atoms with Gasteiger partial charge in [-0.1, -0.05) is 0 Å². The number of hydrogen-bond acceptors (Lipinski definition) is 36. The van der Waals surface area contributed by atoms with Crippen LogP contribution in [-0.4, -0.2) is 381 Å². The van der Waals surface area contributed by atoms with Crippen molar-refractivity contribution in [3.05, 3.63) is 0 Å². The first-order valence-corrected chi connectivity index (χ1v) is 27.6. The number of nitrogens with one attached hydrogen (secondary N) is 3. The van der Waals surface area contributed by atoms with Crippen LogP contribution in [0.1, 0.15) is 20.8 Å². The molecule has 35 atom stereocenters. The van der Waals surface area contributed by atoms with Crippen LogP contribution in [0.15, 0.2) is 0 Å². The monoisotopic (exact) mass is 1280 g/mol. The Morgan fingerprint density at radius 2 is 0.586 bits per heavy atom. The Hall–Kier alpha value is -2.91. The van der Waals surface area contributed by atoms with Crippen molar-refractivity contribution >= 4 is 17.7 Å². The summed E-state index contributed by atoms with van der Waals surface area (Å²) >= 11 is 0. The lowest BCUT2D eigenvalue weighted by Crippen LogP contribution is -2.71. The molecule has 0 radical (unpaired) electrons. The van der Waals surface area contributed by atoms with Crippen LogP contribution in [0.3, 0.4) is 0 Å².